The van der Waals surface area contributed by atoms with E-state index >= 15 is 0 Å². The summed E-state index contributed by atoms with van der Waals surface area (Å²) in [6.45, 7) is 10.6. The number of imidazole rings is 4. The maximum atomic E-state index is 14.6. The van der Waals surface area contributed by atoms with Gasteiger partial charge >= 0.3 is 12.4 Å². The zero-order chi connectivity index (χ0) is 75.3. The van der Waals surface area contributed by atoms with E-state index in [2.05, 4.69) is 160 Å². The van der Waals surface area contributed by atoms with Crippen molar-refractivity contribution >= 4 is 44.1 Å². The van der Waals surface area contributed by atoms with Crippen LogP contribution in [-0.2, 0) is 64.7 Å². The summed E-state index contributed by atoms with van der Waals surface area (Å²) in [5.74, 6) is 1.75. The molecule has 542 valence electrons. The lowest BCUT2D eigenvalue weighted by molar-refractivity contribution is -0.646. The predicted molar refractivity (Wildman–Crippen MR) is 399 cm³/mol. The standard InChI is InChI=1S/C23H15F6N2.C23H21N2O.C23H21N2.C21H13F4N2/c24-22(25,26)16-8-2-1-6-14(16)12-30-18-10-3-4-11-19(18)31-13-15-7-5-9-17(23(27,28)29)20(15)21(30)31;1-16-7-12-20-18(13-16)15-25-22-6-4-3-5-21(22)24(23(20)25)14-17-8-10-19(26-2)11-9-17;1-16-7-10-18(11-8-16)14-24-21-5-3-4-6-22(21)25-15-19-13-17(2)9-12-20(19)23(24)25;22-14-6-5-12(16(24)8-14)10-26-18-3-1-2-4-19(18)27-11-13-7-15(23)9-17(25)20(13)21(26)27/h1-11H,12-13H2;3-13H,14-15H2,1-2H3;3-13H,14-15H2,1-2H3;1-9H,10-11H2/q4*+1. The van der Waals surface area contributed by atoms with Gasteiger partial charge in [0.1, 0.15) is 86.9 Å². The lowest BCUT2D eigenvalue weighted by Crippen LogP contribution is -2.31. The molecule has 16 aromatic rings. The molecular formula is C90H70F10N8O+4. The Morgan fingerprint density at radius 1 is 0.330 bits per heavy atom. The van der Waals surface area contributed by atoms with Gasteiger partial charge in [0.25, 0.3) is 23.3 Å². The number of alkyl halides is 6. The smallest absolute Gasteiger partial charge is 0.417 e. The van der Waals surface area contributed by atoms with Crippen LogP contribution in [0.2, 0.25) is 0 Å². The minimum atomic E-state index is -4.58. The number of hydrogen-bond acceptors (Lipinski definition) is 1. The fourth-order valence-electron chi connectivity index (χ4n) is 16.4. The molecule has 0 spiro atoms. The number of benzene rings is 12. The fraction of sp³-hybridized carbons (Fsp3) is 0.156. The number of fused-ring (bicyclic) bond motifs is 20. The van der Waals surface area contributed by atoms with Gasteiger partial charge in [-0.3, -0.25) is 0 Å². The molecular weight excluding hydrogens is 1400 g/mol. The molecule has 19 heteroatoms. The Morgan fingerprint density at radius 3 is 1.25 bits per heavy atom. The predicted octanol–water partition coefficient (Wildman–Crippen LogP) is 19.6. The molecule has 0 N–H and O–H groups in total. The molecule has 20 rings (SSSR count). The molecule has 0 amide bonds. The monoisotopic (exact) mass is 1470 g/mol. The molecule has 0 unspecified atom stereocenters. The van der Waals surface area contributed by atoms with Crippen molar-refractivity contribution < 1.29 is 66.9 Å². The van der Waals surface area contributed by atoms with E-state index in [-0.39, 0.29) is 42.1 Å². The normalized spacial score (nSPS) is 12.7. The van der Waals surface area contributed by atoms with Gasteiger partial charge in [-0.2, -0.15) is 26.3 Å². The zero-order valence-electron chi connectivity index (χ0n) is 59.7. The third-order valence-corrected chi connectivity index (χ3v) is 21.2. The number of nitrogens with zero attached hydrogens (tertiary/aromatic N) is 8. The number of rotatable bonds is 9. The van der Waals surface area contributed by atoms with E-state index in [0.717, 1.165) is 67.2 Å². The van der Waals surface area contributed by atoms with Gasteiger partial charge in [-0.15, -0.1) is 0 Å². The van der Waals surface area contributed by atoms with Crippen molar-refractivity contribution in [3.8, 4) is 51.3 Å². The quantitative estimate of drug-likeness (QED) is 0.105. The average Bonchev–Trinajstić information content (AvgIpc) is 1.57. The van der Waals surface area contributed by atoms with Crippen LogP contribution in [0.3, 0.4) is 0 Å². The summed E-state index contributed by atoms with van der Waals surface area (Å²) in [6.07, 6.45) is -9.15. The largest absolute Gasteiger partial charge is 0.497 e. The maximum absolute atomic E-state index is 14.6. The molecule has 0 saturated heterocycles. The second-order valence-corrected chi connectivity index (χ2v) is 28.2. The number of aromatic nitrogens is 8. The lowest BCUT2D eigenvalue weighted by Gasteiger charge is -2.13. The Balaban J connectivity index is 0.000000106. The van der Waals surface area contributed by atoms with Crippen molar-refractivity contribution in [2.45, 2.75) is 85.5 Å². The molecule has 4 aliphatic rings. The second kappa shape index (κ2) is 27.4. The molecule has 0 radical (unpaired) electrons. The molecule has 0 saturated carbocycles. The Bertz CT molecular complexity index is 6300. The van der Waals surface area contributed by atoms with E-state index in [1.54, 1.807) is 51.1 Å². The van der Waals surface area contributed by atoms with Crippen LogP contribution in [0.25, 0.3) is 89.7 Å². The summed E-state index contributed by atoms with van der Waals surface area (Å²) in [4.78, 5) is 0. The maximum Gasteiger partial charge on any atom is 0.417 e. The number of methoxy groups -OCH3 is 1. The summed E-state index contributed by atoms with van der Waals surface area (Å²) >= 11 is 0. The molecule has 0 atom stereocenters. The Hall–Kier alpha value is -12.4. The molecule has 109 heavy (non-hydrogen) atoms. The second-order valence-electron chi connectivity index (χ2n) is 28.2. The van der Waals surface area contributed by atoms with E-state index in [0.29, 0.717) is 40.1 Å². The number of ether oxygens (including phenoxy) is 1. The highest BCUT2D eigenvalue weighted by Gasteiger charge is 2.45. The van der Waals surface area contributed by atoms with Crippen LogP contribution in [-0.4, -0.2) is 25.4 Å². The summed E-state index contributed by atoms with van der Waals surface area (Å²) < 4.78 is 160. The lowest BCUT2D eigenvalue weighted by atomic mass is 10.0. The summed E-state index contributed by atoms with van der Waals surface area (Å²) in [6, 6.07) is 77.5. The molecule has 12 aromatic carbocycles. The first-order valence-electron chi connectivity index (χ1n) is 35.8. The van der Waals surface area contributed by atoms with Gasteiger partial charge in [0.15, 0.2) is 44.1 Å². The van der Waals surface area contributed by atoms with Gasteiger partial charge < -0.3 is 4.74 Å². The number of para-hydroxylation sites is 8. The molecule has 8 heterocycles. The van der Waals surface area contributed by atoms with Crippen molar-refractivity contribution in [2.24, 2.45) is 0 Å². The molecule has 9 nitrogen and oxygen atoms in total. The van der Waals surface area contributed by atoms with E-state index in [4.69, 9.17) is 4.74 Å². The number of halogens is 10. The first-order valence-corrected chi connectivity index (χ1v) is 35.8. The first kappa shape index (κ1) is 69.7. The highest BCUT2D eigenvalue weighted by molar-refractivity contribution is 5.82. The van der Waals surface area contributed by atoms with Gasteiger partial charge in [-0.1, -0.05) is 156 Å². The topological polar surface area (TPSA) is 44.5 Å². The van der Waals surface area contributed by atoms with Crippen molar-refractivity contribution in [2.75, 3.05) is 7.11 Å². The van der Waals surface area contributed by atoms with Gasteiger partial charge in [-0.05, 0) is 135 Å². The van der Waals surface area contributed by atoms with E-state index < -0.39 is 46.7 Å². The van der Waals surface area contributed by atoms with Gasteiger partial charge in [0.2, 0.25) is 0 Å². The molecule has 4 aromatic heterocycles. The SMILES string of the molecule is COc1ccc(Cn2c3[n+](c4ccccc42)Cc2cc(C)ccc2-3)cc1.Cc1ccc(Cn2c3[n+](c4ccccc42)Cc2cc(C)ccc2-3)cc1.FC(F)(F)c1ccccc1Cn1c2[n+](c3ccccc31)Cc1cccc(C(F)(F)F)c1-2.Fc1ccc(Cn2c3[n+](c4ccccc42)Cc2cc(F)cc(F)c2-3)c(F)c1. The third kappa shape index (κ3) is 12.6. The summed E-state index contributed by atoms with van der Waals surface area (Å²) in [5.41, 5.74) is 20.3. The van der Waals surface area contributed by atoms with Crippen LogP contribution < -0.4 is 23.0 Å². The number of hydrogen-bond donors (Lipinski definition) is 0. The van der Waals surface area contributed by atoms with E-state index in [1.807, 2.05) is 41.0 Å². The molecule has 0 fully saturated rings. The van der Waals surface area contributed by atoms with Crippen molar-refractivity contribution in [3.63, 3.8) is 0 Å². The van der Waals surface area contributed by atoms with Crippen LogP contribution in [0, 0.1) is 44.0 Å². The van der Waals surface area contributed by atoms with Crippen LogP contribution in [0.4, 0.5) is 43.9 Å². The van der Waals surface area contributed by atoms with Gasteiger partial charge in [0, 0.05) is 45.5 Å². The van der Waals surface area contributed by atoms with E-state index in [9.17, 15) is 43.9 Å². The fourth-order valence-corrected chi connectivity index (χ4v) is 16.4. The molecule has 4 aliphatic heterocycles. The van der Waals surface area contributed by atoms with Crippen LogP contribution >= 0.6 is 0 Å². The molecule has 0 aliphatic carbocycles. The van der Waals surface area contributed by atoms with Crippen LogP contribution in [0.1, 0.15) is 72.3 Å². The van der Waals surface area contributed by atoms with Crippen molar-refractivity contribution in [1.82, 2.24) is 18.3 Å². The van der Waals surface area contributed by atoms with Crippen molar-refractivity contribution in [3.05, 3.63) is 350 Å². The Morgan fingerprint density at radius 2 is 0.743 bits per heavy atom. The third-order valence-electron chi connectivity index (χ3n) is 21.2. The number of aryl methyl sites for hydroxylation is 3. The summed E-state index contributed by atoms with van der Waals surface area (Å²) in [7, 11) is 1.71. The first-order chi connectivity index (χ1) is 52.6. The highest BCUT2D eigenvalue weighted by Crippen LogP contribution is 2.44. The van der Waals surface area contributed by atoms with Gasteiger partial charge in [-0.25, -0.2) is 54.1 Å². The van der Waals surface area contributed by atoms with E-state index in [1.165, 1.54) is 126 Å². The van der Waals surface area contributed by atoms with Crippen molar-refractivity contribution in [1.29, 1.82) is 0 Å². The Kier molecular flexibility index (Phi) is 17.5. The highest BCUT2D eigenvalue weighted by atomic mass is 19.4. The minimum absolute atomic E-state index is 0.00269. The minimum Gasteiger partial charge on any atom is -0.497 e. The Labute approximate surface area is 620 Å². The van der Waals surface area contributed by atoms with Crippen LogP contribution in [0.15, 0.2) is 255 Å². The summed E-state index contributed by atoms with van der Waals surface area (Å²) in [5, 5.41) is 0. The van der Waals surface area contributed by atoms with Crippen LogP contribution in [0.5, 0.6) is 5.75 Å². The van der Waals surface area contributed by atoms with Gasteiger partial charge in [0.05, 0.1) is 34.9 Å². The zero-order valence-corrected chi connectivity index (χ0v) is 59.7. The molecule has 0 bridgehead atoms. The average molecular weight is 1470 g/mol.